The first kappa shape index (κ1) is 18.3. The van der Waals surface area contributed by atoms with Gasteiger partial charge in [-0.1, -0.05) is 0 Å². The standard InChI is InChI=1S/C21H21N7O2/c1-13-7-19-22-5-3-20(29)28(19)26-21(13)27-6-4-18-15(12-27)8-16(9-25-18)24-11-17-10-23-14(2)30-17/h3,5,7-10,24H,4,6,11-12H2,1-2H3. The number of rotatable bonds is 4. The first-order chi connectivity index (χ1) is 14.6. The average Bonchev–Trinajstić information content (AvgIpc) is 3.16. The molecule has 5 heterocycles. The SMILES string of the molecule is Cc1ncc(CNc2cnc3c(c2)CN(c2nn4c(=O)ccnc4cc2C)CC3)o1. The zero-order chi connectivity index (χ0) is 20.7. The maximum absolute atomic E-state index is 12.2. The molecule has 0 amide bonds. The van der Waals surface area contributed by atoms with Crippen LogP contribution in [0.3, 0.4) is 0 Å². The van der Waals surface area contributed by atoms with Gasteiger partial charge in [-0.3, -0.25) is 9.78 Å². The first-order valence-electron chi connectivity index (χ1n) is 9.80. The van der Waals surface area contributed by atoms with Crippen molar-refractivity contribution < 1.29 is 4.42 Å². The van der Waals surface area contributed by atoms with E-state index in [0.29, 0.717) is 24.6 Å². The molecule has 0 saturated carbocycles. The van der Waals surface area contributed by atoms with Crippen LogP contribution in [0.25, 0.3) is 5.65 Å². The molecule has 4 aromatic heterocycles. The molecular weight excluding hydrogens is 382 g/mol. The topological polar surface area (TPSA) is 101 Å². The van der Waals surface area contributed by atoms with E-state index in [4.69, 9.17) is 4.42 Å². The van der Waals surface area contributed by atoms with Gasteiger partial charge in [-0.05, 0) is 30.2 Å². The van der Waals surface area contributed by atoms with Crippen LogP contribution in [0.2, 0.25) is 0 Å². The Morgan fingerprint density at radius 1 is 1.17 bits per heavy atom. The predicted octanol–water partition coefficient (Wildman–Crippen LogP) is 2.26. The van der Waals surface area contributed by atoms with Crippen molar-refractivity contribution in [2.75, 3.05) is 16.8 Å². The molecule has 0 fully saturated rings. The highest BCUT2D eigenvalue weighted by molar-refractivity contribution is 5.55. The van der Waals surface area contributed by atoms with Gasteiger partial charge in [-0.25, -0.2) is 9.97 Å². The summed E-state index contributed by atoms with van der Waals surface area (Å²) in [5.74, 6) is 2.22. The second-order valence-corrected chi connectivity index (χ2v) is 7.40. The number of pyridine rings is 1. The molecule has 0 spiro atoms. The molecule has 0 aromatic carbocycles. The molecule has 1 aliphatic rings. The number of aromatic nitrogens is 5. The Kier molecular flexibility index (Phi) is 4.42. The monoisotopic (exact) mass is 403 g/mol. The van der Waals surface area contributed by atoms with Gasteiger partial charge in [-0.2, -0.15) is 4.52 Å². The Morgan fingerprint density at radius 3 is 2.90 bits per heavy atom. The summed E-state index contributed by atoms with van der Waals surface area (Å²) in [5.41, 5.74) is 4.50. The molecule has 4 aromatic rings. The maximum Gasteiger partial charge on any atom is 0.274 e. The van der Waals surface area contributed by atoms with E-state index in [1.807, 2.05) is 26.1 Å². The zero-order valence-corrected chi connectivity index (χ0v) is 16.8. The van der Waals surface area contributed by atoms with E-state index in [0.717, 1.165) is 47.1 Å². The lowest BCUT2D eigenvalue weighted by atomic mass is 10.0. The second kappa shape index (κ2) is 7.25. The van der Waals surface area contributed by atoms with Crippen LogP contribution in [0.5, 0.6) is 0 Å². The molecule has 0 radical (unpaired) electrons. The minimum atomic E-state index is -0.186. The van der Waals surface area contributed by atoms with Gasteiger partial charge in [0.2, 0.25) is 0 Å². The van der Waals surface area contributed by atoms with Crippen molar-refractivity contribution in [3.63, 3.8) is 0 Å². The molecule has 30 heavy (non-hydrogen) atoms. The lowest BCUT2D eigenvalue weighted by molar-refractivity contribution is 0.481. The Hall–Kier alpha value is -3.75. The highest BCUT2D eigenvalue weighted by atomic mass is 16.4. The van der Waals surface area contributed by atoms with Gasteiger partial charge >= 0.3 is 0 Å². The summed E-state index contributed by atoms with van der Waals surface area (Å²) in [6, 6.07) is 5.43. The number of hydrogen-bond acceptors (Lipinski definition) is 8. The van der Waals surface area contributed by atoms with Crippen molar-refractivity contribution in [1.29, 1.82) is 0 Å². The smallest absolute Gasteiger partial charge is 0.274 e. The number of hydrogen-bond donors (Lipinski definition) is 1. The van der Waals surface area contributed by atoms with Crippen molar-refractivity contribution in [2.45, 2.75) is 33.4 Å². The molecule has 9 nitrogen and oxygen atoms in total. The van der Waals surface area contributed by atoms with E-state index in [1.54, 1.807) is 6.20 Å². The number of oxazole rings is 1. The van der Waals surface area contributed by atoms with Gasteiger partial charge < -0.3 is 14.6 Å². The number of fused-ring (bicyclic) bond motifs is 2. The van der Waals surface area contributed by atoms with Crippen LogP contribution in [0, 0.1) is 13.8 Å². The molecule has 5 rings (SSSR count). The van der Waals surface area contributed by atoms with Gasteiger partial charge in [0.25, 0.3) is 5.56 Å². The Labute approximate surface area is 172 Å². The van der Waals surface area contributed by atoms with E-state index in [-0.39, 0.29) is 5.56 Å². The van der Waals surface area contributed by atoms with Crippen molar-refractivity contribution in [1.82, 2.24) is 24.6 Å². The Bertz CT molecular complexity index is 1290. The van der Waals surface area contributed by atoms with E-state index in [9.17, 15) is 4.79 Å². The molecule has 0 saturated heterocycles. The molecule has 1 N–H and O–H groups in total. The van der Waals surface area contributed by atoms with Gasteiger partial charge in [0.1, 0.15) is 5.76 Å². The third-order valence-corrected chi connectivity index (χ3v) is 5.22. The van der Waals surface area contributed by atoms with Crippen molar-refractivity contribution in [3.05, 3.63) is 75.6 Å². The van der Waals surface area contributed by atoms with E-state index in [1.165, 1.54) is 16.8 Å². The van der Waals surface area contributed by atoms with Crippen molar-refractivity contribution >= 4 is 17.2 Å². The third-order valence-electron chi connectivity index (χ3n) is 5.22. The largest absolute Gasteiger partial charge is 0.444 e. The normalized spacial score (nSPS) is 13.5. The fraction of sp³-hybridized carbons (Fsp3) is 0.286. The van der Waals surface area contributed by atoms with Crippen LogP contribution >= 0.6 is 0 Å². The van der Waals surface area contributed by atoms with Crippen molar-refractivity contribution in [3.8, 4) is 0 Å². The summed E-state index contributed by atoms with van der Waals surface area (Å²) in [6.07, 6.45) is 5.90. The van der Waals surface area contributed by atoms with Crippen LogP contribution in [0.15, 0.2) is 46.0 Å². The van der Waals surface area contributed by atoms with Crippen LogP contribution in [0.4, 0.5) is 11.5 Å². The van der Waals surface area contributed by atoms with Gasteiger partial charge in [-0.15, -0.1) is 5.10 Å². The van der Waals surface area contributed by atoms with E-state index < -0.39 is 0 Å². The molecule has 0 unspecified atom stereocenters. The second-order valence-electron chi connectivity index (χ2n) is 7.40. The fourth-order valence-corrected chi connectivity index (χ4v) is 3.74. The summed E-state index contributed by atoms with van der Waals surface area (Å²) < 4.78 is 6.86. The minimum absolute atomic E-state index is 0.186. The van der Waals surface area contributed by atoms with Crippen molar-refractivity contribution in [2.24, 2.45) is 0 Å². The summed E-state index contributed by atoms with van der Waals surface area (Å²) in [5, 5.41) is 7.92. The summed E-state index contributed by atoms with van der Waals surface area (Å²) in [7, 11) is 0. The lowest BCUT2D eigenvalue weighted by Gasteiger charge is -2.30. The maximum atomic E-state index is 12.2. The molecular formula is C21H21N7O2. The van der Waals surface area contributed by atoms with E-state index >= 15 is 0 Å². The minimum Gasteiger partial charge on any atom is -0.444 e. The van der Waals surface area contributed by atoms with Crippen LogP contribution in [0.1, 0.15) is 28.5 Å². The number of anilines is 2. The number of aryl methyl sites for hydroxylation is 2. The highest BCUT2D eigenvalue weighted by Gasteiger charge is 2.21. The Balaban J connectivity index is 1.40. The molecule has 152 valence electrons. The zero-order valence-electron chi connectivity index (χ0n) is 16.8. The van der Waals surface area contributed by atoms with Gasteiger partial charge in [0, 0.05) is 44.4 Å². The third kappa shape index (κ3) is 3.38. The van der Waals surface area contributed by atoms with E-state index in [2.05, 4.69) is 36.3 Å². The van der Waals surface area contributed by atoms with Crippen LogP contribution < -0.4 is 15.8 Å². The fourth-order valence-electron chi connectivity index (χ4n) is 3.74. The lowest BCUT2D eigenvalue weighted by Crippen LogP contribution is -2.33. The molecule has 9 heteroatoms. The van der Waals surface area contributed by atoms with Gasteiger partial charge in [0.05, 0.1) is 24.6 Å². The average molecular weight is 403 g/mol. The summed E-state index contributed by atoms with van der Waals surface area (Å²) >= 11 is 0. The predicted molar refractivity (Wildman–Crippen MR) is 112 cm³/mol. The highest BCUT2D eigenvalue weighted by Crippen LogP contribution is 2.26. The molecule has 0 bridgehead atoms. The number of nitrogens with zero attached hydrogens (tertiary/aromatic N) is 6. The van der Waals surface area contributed by atoms with Crippen LogP contribution in [-0.4, -0.2) is 31.1 Å². The number of nitrogens with one attached hydrogen (secondary N) is 1. The Morgan fingerprint density at radius 2 is 2.07 bits per heavy atom. The van der Waals surface area contributed by atoms with Gasteiger partial charge in [0.15, 0.2) is 17.4 Å². The molecule has 0 aliphatic carbocycles. The molecule has 0 atom stereocenters. The molecule has 1 aliphatic heterocycles. The summed E-state index contributed by atoms with van der Waals surface area (Å²) in [6.45, 7) is 5.83. The first-order valence-corrected chi connectivity index (χ1v) is 9.80. The summed E-state index contributed by atoms with van der Waals surface area (Å²) in [4.78, 5) is 27.3. The van der Waals surface area contributed by atoms with Crippen LogP contribution in [-0.2, 0) is 19.5 Å². The quantitative estimate of drug-likeness (QED) is 0.554.